The molecular weight excluding hydrogens is 230 g/mol. The minimum Gasteiger partial charge on any atom is -0.392 e. The Bertz CT molecular complexity index is 203. The van der Waals surface area contributed by atoms with Gasteiger partial charge in [0.05, 0.1) is 6.10 Å². The fourth-order valence-electron chi connectivity index (χ4n) is 1.45. The van der Waals surface area contributed by atoms with Crippen LogP contribution in [0.15, 0.2) is 10.1 Å². The number of aliphatic hydroxyl groups excluding tert-OH is 1. The first-order chi connectivity index (χ1) is 6.13. The first-order valence-corrected chi connectivity index (χ1v) is 5.67. The number of hydrogen-bond acceptors (Lipinski definition) is 2. The van der Waals surface area contributed by atoms with Crippen molar-refractivity contribution in [1.82, 2.24) is 4.90 Å². The highest BCUT2D eigenvalue weighted by Gasteiger charge is 2.16. The van der Waals surface area contributed by atoms with Crippen molar-refractivity contribution in [1.29, 1.82) is 0 Å². The molecule has 1 rings (SSSR count). The summed E-state index contributed by atoms with van der Waals surface area (Å²) in [6.07, 6.45) is 1.80. The summed E-state index contributed by atoms with van der Waals surface area (Å²) in [6, 6.07) is 0. The van der Waals surface area contributed by atoms with E-state index in [1.54, 1.807) is 0 Å². The molecule has 0 saturated carbocycles. The lowest BCUT2D eigenvalue weighted by Crippen LogP contribution is -2.36. The Hall–Kier alpha value is 0.140. The van der Waals surface area contributed by atoms with Gasteiger partial charge in [-0.1, -0.05) is 28.4 Å². The summed E-state index contributed by atoms with van der Waals surface area (Å²) in [7, 11) is 0. The molecule has 0 unspecified atom stereocenters. The molecule has 1 heterocycles. The minimum absolute atomic E-state index is 0.168. The Morgan fingerprint density at radius 3 is 2.85 bits per heavy atom. The number of nitrogens with zero attached hydrogens (tertiary/aromatic N) is 1. The molecule has 1 aliphatic heterocycles. The third-order valence-corrected chi connectivity index (χ3v) is 3.50. The van der Waals surface area contributed by atoms with Gasteiger partial charge in [-0.2, -0.15) is 0 Å². The summed E-state index contributed by atoms with van der Waals surface area (Å²) >= 11 is 3.56. The molecule has 3 heteroatoms. The molecule has 0 aromatic rings. The lowest BCUT2D eigenvalue weighted by molar-refractivity contribution is 0.113. The lowest BCUT2D eigenvalue weighted by atomic mass is 10.1. The van der Waals surface area contributed by atoms with Crippen molar-refractivity contribution in [2.75, 3.05) is 19.6 Å². The Balaban J connectivity index is 2.40. The van der Waals surface area contributed by atoms with Crippen LogP contribution in [0.2, 0.25) is 0 Å². The molecule has 0 aromatic heterocycles. The van der Waals surface area contributed by atoms with Crippen LogP contribution < -0.4 is 0 Å². The smallest absolute Gasteiger partial charge is 0.0664 e. The van der Waals surface area contributed by atoms with Crippen molar-refractivity contribution in [3.05, 3.63) is 10.1 Å². The molecule has 0 radical (unpaired) electrons. The van der Waals surface area contributed by atoms with E-state index in [1.807, 2.05) is 6.92 Å². The summed E-state index contributed by atoms with van der Waals surface area (Å²) < 4.78 is 1.29. The van der Waals surface area contributed by atoms with Gasteiger partial charge in [0.2, 0.25) is 0 Å². The van der Waals surface area contributed by atoms with Gasteiger partial charge in [-0.3, -0.25) is 4.90 Å². The van der Waals surface area contributed by atoms with Crippen LogP contribution in [0.1, 0.15) is 26.7 Å². The highest BCUT2D eigenvalue weighted by atomic mass is 79.9. The molecule has 0 spiro atoms. The quantitative estimate of drug-likeness (QED) is 0.827. The fraction of sp³-hybridized carbons (Fsp3) is 0.800. The maximum atomic E-state index is 9.49. The van der Waals surface area contributed by atoms with Gasteiger partial charge in [-0.05, 0) is 19.8 Å². The van der Waals surface area contributed by atoms with Crippen LogP contribution in [-0.2, 0) is 0 Å². The van der Waals surface area contributed by atoms with Gasteiger partial charge in [0.15, 0.2) is 0 Å². The van der Waals surface area contributed by atoms with Crippen molar-refractivity contribution in [2.24, 2.45) is 0 Å². The molecule has 1 atom stereocenters. The summed E-state index contributed by atoms with van der Waals surface area (Å²) in [6.45, 7) is 7.03. The van der Waals surface area contributed by atoms with Crippen molar-refractivity contribution < 1.29 is 5.11 Å². The molecule has 0 aliphatic carbocycles. The monoisotopic (exact) mass is 247 g/mol. The Morgan fingerprint density at radius 1 is 1.62 bits per heavy atom. The third-order valence-electron chi connectivity index (χ3n) is 2.57. The first kappa shape index (κ1) is 11.2. The summed E-state index contributed by atoms with van der Waals surface area (Å²) in [4.78, 5) is 2.30. The molecule has 0 aromatic carbocycles. The normalized spacial score (nSPS) is 22.2. The molecule has 2 nitrogen and oxygen atoms in total. The average molecular weight is 248 g/mol. The summed E-state index contributed by atoms with van der Waals surface area (Å²) in [5.41, 5.74) is 1.45. The van der Waals surface area contributed by atoms with E-state index in [9.17, 15) is 5.11 Å². The average Bonchev–Trinajstić information content (AvgIpc) is 2.11. The van der Waals surface area contributed by atoms with Gasteiger partial charge < -0.3 is 5.11 Å². The topological polar surface area (TPSA) is 23.5 Å². The largest absolute Gasteiger partial charge is 0.392 e. The zero-order chi connectivity index (χ0) is 9.84. The van der Waals surface area contributed by atoms with Crippen molar-refractivity contribution in [2.45, 2.75) is 32.8 Å². The van der Waals surface area contributed by atoms with Crippen LogP contribution in [0.3, 0.4) is 0 Å². The maximum absolute atomic E-state index is 9.49. The molecular formula is C10H18BrNO. The number of halogens is 1. The van der Waals surface area contributed by atoms with E-state index in [-0.39, 0.29) is 6.10 Å². The number of rotatable bonds is 3. The number of aliphatic hydroxyl groups is 1. The highest BCUT2D eigenvalue weighted by molar-refractivity contribution is 9.11. The van der Waals surface area contributed by atoms with Crippen LogP contribution in [0.4, 0.5) is 0 Å². The predicted octanol–water partition coefficient (Wildman–Crippen LogP) is 2.13. The van der Waals surface area contributed by atoms with Crippen LogP contribution >= 0.6 is 15.9 Å². The van der Waals surface area contributed by atoms with E-state index < -0.39 is 0 Å². The molecule has 76 valence electrons. The van der Waals surface area contributed by atoms with E-state index in [4.69, 9.17) is 0 Å². The van der Waals surface area contributed by atoms with Gasteiger partial charge in [0.1, 0.15) is 0 Å². The van der Waals surface area contributed by atoms with Crippen molar-refractivity contribution in [3.63, 3.8) is 0 Å². The zero-order valence-corrected chi connectivity index (χ0v) is 9.97. The minimum atomic E-state index is -0.168. The van der Waals surface area contributed by atoms with Gasteiger partial charge in [0.25, 0.3) is 0 Å². The first-order valence-electron chi connectivity index (χ1n) is 4.88. The molecule has 1 aliphatic rings. The van der Waals surface area contributed by atoms with E-state index in [2.05, 4.69) is 27.8 Å². The molecule has 0 amide bonds. The van der Waals surface area contributed by atoms with Crippen molar-refractivity contribution in [3.8, 4) is 0 Å². The molecule has 0 bridgehead atoms. The molecule has 0 saturated heterocycles. The lowest BCUT2D eigenvalue weighted by Gasteiger charge is -2.29. The summed E-state index contributed by atoms with van der Waals surface area (Å²) in [5.74, 6) is 0. The Morgan fingerprint density at radius 2 is 2.31 bits per heavy atom. The summed E-state index contributed by atoms with van der Waals surface area (Å²) in [5, 5.41) is 9.49. The van der Waals surface area contributed by atoms with Gasteiger partial charge >= 0.3 is 0 Å². The van der Waals surface area contributed by atoms with Gasteiger partial charge in [-0.25, -0.2) is 0 Å². The van der Waals surface area contributed by atoms with Crippen LogP contribution in [-0.4, -0.2) is 35.7 Å². The Kier molecular flexibility index (Phi) is 4.42. The van der Waals surface area contributed by atoms with Crippen LogP contribution in [0.5, 0.6) is 0 Å². The molecule has 1 N–H and O–H groups in total. The zero-order valence-electron chi connectivity index (χ0n) is 8.39. The van der Waals surface area contributed by atoms with Gasteiger partial charge in [0, 0.05) is 24.1 Å². The number of β-amino-alcohol motifs (C(OH)–C–C–N with tert-alkyl or cyclic N) is 1. The van der Waals surface area contributed by atoms with Gasteiger partial charge in [-0.15, -0.1) is 0 Å². The number of hydrogen-bond donors (Lipinski definition) is 1. The van der Waals surface area contributed by atoms with Crippen LogP contribution in [0, 0.1) is 0 Å². The van der Waals surface area contributed by atoms with E-state index >= 15 is 0 Å². The standard InChI is InChI=1S/C10H18BrNO/c1-3-9(13)6-12-5-4-8(2)10(11)7-12/h9,13H,3-7H2,1-2H3/t9-/m0/s1. The van der Waals surface area contributed by atoms with E-state index in [0.717, 1.165) is 32.5 Å². The molecule has 0 fully saturated rings. The Labute approximate surface area is 88.7 Å². The van der Waals surface area contributed by atoms with E-state index in [1.165, 1.54) is 10.1 Å². The third kappa shape index (κ3) is 3.41. The van der Waals surface area contributed by atoms with Crippen LogP contribution in [0.25, 0.3) is 0 Å². The fourth-order valence-corrected chi connectivity index (χ4v) is 2.01. The second kappa shape index (κ2) is 5.13. The maximum Gasteiger partial charge on any atom is 0.0664 e. The van der Waals surface area contributed by atoms with E-state index in [0.29, 0.717) is 0 Å². The second-order valence-electron chi connectivity index (χ2n) is 3.73. The van der Waals surface area contributed by atoms with Crippen molar-refractivity contribution >= 4 is 15.9 Å². The molecule has 13 heavy (non-hydrogen) atoms. The second-order valence-corrected chi connectivity index (χ2v) is 4.69. The SMILES string of the molecule is CC[C@H](O)CN1CCC(C)=C(Br)C1. The highest BCUT2D eigenvalue weighted by Crippen LogP contribution is 2.21. The predicted molar refractivity (Wildman–Crippen MR) is 59.0 cm³/mol.